The largest absolute Gasteiger partial charge is 0.316 e. The second-order valence-corrected chi connectivity index (χ2v) is 2.75. The van der Waals surface area contributed by atoms with Crippen LogP contribution in [0.3, 0.4) is 0 Å². The molecule has 0 spiro atoms. The minimum Gasteiger partial charge on any atom is -0.316 e. The van der Waals surface area contributed by atoms with E-state index in [9.17, 15) is 4.79 Å². The molecule has 1 N–H and O–H groups in total. The summed E-state index contributed by atoms with van der Waals surface area (Å²) in [6.07, 6.45) is 3.80. The van der Waals surface area contributed by atoms with Gasteiger partial charge >= 0.3 is 0 Å². The third kappa shape index (κ3) is 7.53. The number of Topliss-reactive ketones (excluding diaryl/α,β-unsaturated/α-hetero) is 1. The molecule has 0 fully saturated rings. The van der Waals surface area contributed by atoms with Crippen LogP contribution in [-0.2, 0) is 4.79 Å². The Morgan fingerprint density at radius 1 is 1.27 bits per heavy atom. The van der Waals surface area contributed by atoms with E-state index in [2.05, 4.69) is 12.2 Å². The number of rotatable bonds is 7. The Bertz CT molecular complexity index is 102. The van der Waals surface area contributed by atoms with Gasteiger partial charge in [-0.05, 0) is 13.0 Å². The number of ketones is 1. The van der Waals surface area contributed by atoms with Gasteiger partial charge in [0.25, 0.3) is 0 Å². The SMILES string of the molecule is CCCCNCCC(=O)CC. The van der Waals surface area contributed by atoms with Gasteiger partial charge in [0, 0.05) is 19.4 Å². The third-order valence-corrected chi connectivity index (χ3v) is 1.68. The average molecular weight is 157 g/mol. The van der Waals surface area contributed by atoms with Gasteiger partial charge in [0.2, 0.25) is 0 Å². The Balaban J connectivity index is 2.95. The molecule has 0 aromatic carbocycles. The van der Waals surface area contributed by atoms with Crippen LogP contribution in [0, 0.1) is 0 Å². The van der Waals surface area contributed by atoms with Crippen molar-refractivity contribution in [2.45, 2.75) is 39.5 Å². The van der Waals surface area contributed by atoms with Crippen LogP contribution in [0.4, 0.5) is 0 Å². The van der Waals surface area contributed by atoms with Gasteiger partial charge in [0.15, 0.2) is 0 Å². The molecule has 2 nitrogen and oxygen atoms in total. The molecule has 66 valence electrons. The zero-order chi connectivity index (χ0) is 8.53. The molecule has 0 amide bonds. The van der Waals surface area contributed by atoms with E-state index >= 15 is 0 Å². The van der Waals surface area contributed by atoms with Crippen molar-refractivity contribution in [2.24, 2.45) is 0 Å². The van der Waals surface area contributed by atoms with Crippen LogP contribution in [0.15, 0.2) is 0 Å². The number of carbonyl (C=O) groups excluding carboxylic acids is 1. The molecule has 0 heterocycles. The second-order valence-electron chi connectivity index (χ2n) is 2.75. The first kappa shape index (κ1) is 10.6. The Kier molecular flexibility index (Phi) is 7.47. The molecular formula is C9H19NO. The first-order valence-corrected chi connectivity index (χ1v) is 4.53. The number of nitrogens with one attached hydrogen (secondary N) is 1. The van der Waals surface area contributed by atoms with E-state index in [1.807, 2.05) is 6.92 Å². The van der Waals surface area contributed by atoms with Gasteiger partial charge in [0.05, 0.1) is 0 Å². The Morgan fingerprint density at radius 3 is 2.55 bits per heavy atom. The summed E-state index contributed by atoms with van der Waals surface area (Å²) >= 11 is 0. The van der Waals surface area contributed by atoms with Crippen LogP contribution in [0.2, 0.25) is 0 Å². The maximum atomic E-state index is 10.8. The Morgan fingerprint density at radius 2 is 2.00 bits per heavy atom. The van der Waals surface area contributed by atoms with E-state index in [4.69, 9.17) is 0 Å². The molecule has 0 bridgehead atoms. The summed E-state index contributed by atoms with van der Waals surface area (Å²) in [7, 11) is 0. The fraction of sp³-hybridized carbons (Fsp3) is 0.889. The van der Waals surface area contributed by atoms with Crippen molar-refractivity contribution in [3.05, 3.63) is 0 Å². The lowest BCUT2D eigenvalue weighted by Crippen LogP contribution is -2.18. The first-order chi connectivity index (χ1) is 5.31. The van der Waals surface area contributed by atoms with Crippen LogP contribution >= 0.6 is 0 Å². The molecule has 2 heteroatoms. The van der Waals surface area contributed by atoms with E-state index in [0.29, 0.717) is 18.6 Å². The van der Waals surface area contributed by atoms with Crippen molar-refractivity contribution in [3.8, 4) is 0 Å². The molecule has 0 rings (SSSR count). The van der Waals surface area contributed by atoms with E-state index in [-0.39, 0.29) is 0 Å². The third-order valence-electron chi connectivity index (χ3n) is 1.68. The van der Waals surface area contributed by atoms with Crippen molar-refractivity contribution in [2.75, 3.05) is 13.1 Å². The highest BCUT2D eigenvalue weighted by Crippen LogP contribution is 1.87. The van der Waals surface area contributed by atoms with Crippen LogP contribution in [0.5, 0.6) is 0 Å². The van der Waals surface area contributed by atoms with Crippen LogP contribution < -0.4 is 5.32 Å². The van der Waals surface area contributed by atoms with Crippen LogP contribution in [0.25, 0.3) is 0 Å². The number of carbonyl (C=O) groups is 1. The minimum atomic E-state index is 0.356. The van der Waals surface area contributed by atoms with E-state index in [0.717, 1.165) is 13.1 Å². The zero-order valence-corrected chi connectivity index (χ0v) is 7.65. The van der Waals surface area contributed by atoms with Crippen molar-refractivity contribution in [1.29, 1.82) is 0 Å². The summed E-state index contributed by atoms with van der Waals surface area (Å²) in [5, 5.41) is 3.23. The van der Waals surface area contributed by atoms with Crippen molar-refractivity contribution < 1.29 is 4.79 Å². The number of hydrogen-bond acceptors (Lipinski definition) is 2. The second kappa shape index (κ2) is 7.73. The average Bonchev–Trinajstić information content (AvgIpc) is 2.04. The number of hydrogen-bond donors (Lipinski definition) is 1. The lowest BCUT2D eigenvalue weighted by Gasteiger charge is -2.00. The van der Waals surface area contributed by atoms with Crippen LogP contribution in [0.1, 0.15) is 39.5 Å². The highest BCUT2D eigenvalue weighted by Gasteiger charge is 1.95. The predicted octanol–water partition coefficient (Wildman–Crippen LogP) is 1.75. The molecule has 0 aliphatic heterocycles. The smallest absolute Gasteiger partial charge is 0.133 e. The molecule has 11 heavy (non-hydrogen) atoms. The maximum Gasteiger partial charge on any atom is 0.133 e. The normalized spacial score (nSPS) is 10.0. The van der Waals surface area contributed by atoms with Crippen molar-refractivity contribution in [1.82, 2.24) is 5.32 Å². The fourth-order valence-electron chi connectivity index (χ4n) is 0.831. The maximum absolute atomic E-state index is 10.8. The molecular weight excluding hydrogens is 138 g/mol. The standard InChI is InChI=1S/C9H19NO/c1-3-5-7-10-8-6-9(11)4-2/h10H,3-8H2,1-2H3. The summed E-state index contributed by atoms with van der Waals surface area (Å²) in [6.45, 7) is 5.98. The summed E-state index contributed by atoms with van der Waals surface area (Å²) < 4.78 is 0. The summed E-state index contributed by atoms with van der Waals surface area (Å²) in [4.78, 5) is 10.8. The topological polar surface area (TPSA) is 29.1 Å². The van der Waals surface area contributed by atoms with Gasteiger partial charge in [-0.15, -0.1) is 0 Å². The monoisotopic (exact) mass is 157 g/mol. The van der Waals surface area contributed by atoms with E-state index in [1.165, 1.54) is 12.8 Å². The Labute approximate surface area is 69.4 Å². The van der Waals surface area contributed by atoms with Gasteiger partial charge in [-0.3, -0.25) is 4.79 Å². The highest BCUT2D eigenvalue weighted by atomic mass is 16.1. The minimum absolute atomic E-state index is 0.356. The molecule has 0 aliphatic carbocycles. The lowest BCUT2D eigenvalue weighted by molar-refractivity contribution is -0.118. The molecule has 0 aliphatic rings. The molecule has 0 saturated carbocycles. The zero-order valence-electron chi connectivity index (χ0n) is 7.65. The molecule has 0 saturated heterocycles. The van der Waals surface area contributed by atoms with Crippen molar-refractivity contribution >= 4 is 5.78 Å². The fourth-order valence-corrected chi connectivity index (χ4v) is 0.831. The molecule has 0 aromatic rings. The van der Waals surface area contributed by atoms with Gasteiger partial charge in [-0.1, -0.05) is 20.3 Å². The van der Waals surface area contributed by atoms with E-state index < -0.39 is 0 Å². The first-order valence-electron chi connectivity index (χ1n) is 4.53. The van der Waals surface area contributed by atoms with Gasteiger partial charge in [-0.2, -0.15) is 0 Å². The van der Waals surface area contributed by atoms with Crippen molar-refractivity contribution in [3.63, 3.8) is 0 Å². The summed E-state index contributed by atoms with van der Waals surface area (Å²) in [5.74, 6) is 0.356. The van der Waals surface area contributed by atoms with Gasteiger partial charge in [0.1, 0.15) is 5.78 Å². The Hall–Kier alpha value is -0.370. The van der Waals surface area contributed by atoms with Gasteiger partial charge < -0.3 is 5.32 Å². The molecule has 0 unspecified atom stereocenters. The molecule has 0 aromatic heterocycles. The summed E-state index contributed by atoms with van der Waals surface area (Å²) in [6, 6.07) is 0. The predicted molar refractivity (Wildman–Crippen MR) is 47.7 cm³/mol. The number of unbranched alkanes of at least 4 members (excludes halogenated alkanes) is 1. The highest BCUT2D eigenvalue weighted by molar-refractivity contribution is 5.78. The summed E-state index contributed by atoms with van der Waals surface area (Å²) in [5.41, 5.74) is 0. The van der Waals surface area contributed by atoms with Crippen LogP contribution in [-0.4, -0.2) is 18.9 Å². The molecule has 0 radical (unpaired) electrons. The quantitative estimate of drug-likeness (QED) is 0.570. The van der Waals surface area contributed by atoms with E-state index in [1.54, 1.807) is 0 Å². The lowest BCUT2D eigenvalue weighted by atomic mass is 10.2. The molecule has 0 atom stereocenters. The van der Waals surface area contributed by atoms with Gasteiger partial charge in [-0.25, -0.2) is 0 Å².